The van der Waals surface area contributed by atoms with Crippen molar-refractivity contribution in [3.63, 3.8) is 0 Å². The summed E-state index contributed by atoms with van der Waals surface area (Å²) in [6.45, 7) is 0. The Morgan fingerprint density at radius 2 is 1.65 bits per heavy atom. The summed E-state index contributed by atoms with van der Waals surface area (Å²) in [4.78, 5) is 25.1. The van der Waals surface area contributed by atoms with Crippen molar-refractivity contribution in [3.8, 4) is 5.75 Å². The molecule has 6 heteroatoms. The molecule has 0 spiro atoms. The minimum absolute atomic E-state index is 0.322. The molecule has 1 N–H and O–H groups in total. The Hall–Kier alpha value is -2.89. The molecule has 120 valence electrons. The molecule has 0 radical (unpaired) electrons. The van der Waals surface area contributed by atoms with Crippen molar-refractivity contribution in [3.05, 3.63) is 65.5 Å². The van der Waals surface area contributed by atoms with Crippen molar-refractivity contribution in [2.45, 2.75) is 6.04 Å². The number of carbonyl (C=O) groups is 2. The van der Waals surface area contributed by atoms with Crippen LogP contribution in [0.3, 0.4) is 0 Å². The molecule has 2 aromatic rings. The van der Waals surface area contributed by atoms with Gasteiger partial charge in [-0.3, -0.25) is 4.79 Å². The van der Waals surface area contributed by atoms with Crippen LogP contribution in [0.15, 0.2) is 48.5 Å². The zero-order valence-electron chi connectivity index (χ0n) is 12.7. The number of carboxylic acid groups (broad SMARTS) is 1. The number of benzene rings is 2. The first-order valence-electron chi connectivity index (χ1n) is 6.83. The van der Waals surface area contributed by atoms with Crippen LogP contribution in [0.4, 0.5) is 4.39 Å². The van der Waals surface area contributed by atoms with Gasteiger partial charge in [0.2, 0.25) is 0 Å². The molecular weight excluding hydrogens is 301 g/mol. The van der Waals surface area contributed by atoms with E-state index in [2.05, 4.69) is 0 Å². The zero-order valence-corrected chi connectivity index (χ0v) is 12.7. The van der Waals surface area contributed by atoms with Crippen molar-refractivity contribution in [1.29, 1.82) is 0 Å². The maximum absolute atomic E-state index is 13.0. The number of amides is 1. The molecular formula is C17H16FNO4. The summed E-state index contributed by atoms with van der Waals surface area (Å²) in [6.07, 6.45) is 0. The van der Waals surface area contributed by atoms with E-state index in [1.165, 1.54) is 26.3 Å². The minimum Gasteiger partial charge on any atom is -0.497 e. The molecule has 5 nitrogen and oxygen atoms in total. The maximum Gasteiger partial charge on any atom is 0.331 e. The monoisotopic (exact) mass is 317 g/mol. The summed E-state index contributed by atoms with van der Waals surface area (Å²) in [6, 6.07) is 10.2. The van der Waals surface area contributed by atoms with E-state index in [1.807, 2.05) is 0 Å². The molecule has 0 saturated heterocycles. The summed E-state index contributed by atoms with van der Waals surface area (Å²) in [5.41, 5.74) is 0.657. The Morgan fingerprint density at radius 1 is 1.09 bits per heavy atom. The smallest absolute Gasteiger partial charge is 0.331 e. The molecule has 2 aromatic carbocycles. The standard InChI is InChI=1S/C17H16FNO4/c1-19(16(20)12-5-9-14(23-2)10-6-12)15(17(21)22)11-3-7-13(18)8-4-11/h3-10,15H,1-2H3,(H,21,22). The molecule has 0 heterocycles. The largest absolute Gasteiger partial charge is 0.497 e. The molecule has 0 aliphatic rings. The highest BCUT2D eigenvalue weighted by Crippen LogP contribution is 2.23. The molecule has 0 aliphatic carbocycles. The van der Waals surface area contributed by atoms with Crippen molar-refractivity contribution < 1.29 is 23.8 Å². The van der Waals surface area contributed by atoms with E-state index in [4.69, 9.17) is 4.74 Å². The summed E-state index contributed by atoms with van der Waals surface area (Å²) in [7, 11) is 2.91. The number of hydrogen-bond donors (Lipinski definition) is 1. The van der Waals surface area contributed by atoms with Crippen LogP contribution in [0, 0.1) is 5.82 Å². The second-order valence-electron chi connectivity index (χ2n) is 4.94. The SMILES string of the molecule is COc1ccc(C(=O)N(C)C(C(=O)O)c2ccc(F)cc2)cc1. The van der Waals surface area contributed by atoms with Crippen molar-refractivity contribution in [2.75, 3.05) is 14.2 Å². The number of carbonyl (C=O) groups excluding carboxylic acids is 1. The molecule has 23 heavy (non-hydrogen) atoms. The van der Waals surface area contributed by atoms with Gasteiger partial charge in [0.05, 0.1) is 7.11 Å². The second-order valence-corrected chi connectivity index (χ2v) is 4.94. The number of halogens is 1. The lowest BCUT2D eigenvalue weighted by atomic mass is 10.0. The van der Waals surface area contributed by atoms with Crippen LogP contribution in [0.25, 0.3) is 0 Å². The number of hydrogen-bond acceptors (Lipinski definition) is 3. The number of methoxy groups -OCH3 is 1. The first-order chi connectivity index (χ1) is 10.9. The van der Waals surface area contributed by atoms with E-state index in [0.717, 1.165) is 17.0 Å². The van der Waals surface area contributed by atoms with Gasteiger partial charge < -0.3 is 14.7 Å². The van der Waals surface area contributed by atoms with Crippen molar-refractivity contribution in [2.24, 2.45) is 0 Å². The fraction of sp³-hybridized carbons (Fsp3) is 0.176. The summed E-state index contributed by atoms with van der Waals surface area (Å²) >= 11 is 0. The first-order valence-corrected chi connectivity index (χ1v) is 6.83. The summed E-state index contributed by atoms with van der Waals surface area (Å²) < 4.78 is 18.0. The third-order valence-corrected chi connectivity index (χ3v) is 3.46. The van der Waals surface area contributed by atoms with E-state index in [-0.39, 0.29) is 0 Å². The molecule has 0 saturated carbocycles. The topological polar surface area (TPSA) is 66.8 Å². The van der Waals surface area contributed by atoms with Gasteiger partial charge in [0, 0.05) is 12.6 Å². The molecule has 2 rings (SSSR count). The van der Waals surface area contributed by atoms with Gasteiger partial charge in [-0.25, -0.2) is 9.18 Å². The minimum atomic E-state index is -1.20. The Labute approximate surface area is 132 Å². The third-order valence-electron chi connectivity index (χ3n) is 3.46. The molecule has 1 amide bonds. The van der Waals surface area contributed by atoms with Crippen LogP contribution in [-0.4, -0.2) is 36.0 Å². The number of likely N-dealkylation sites (N-methyl/N-ethyl adjacent to an activating group) is 1. The van der Waals surface area contributed by atoms with Crippen LogP contribution in [0.1, 0.15) is 22.0 Å². The molecule has 1 atom stereocenters. The van der Waals surface area contributed by atoms with E-state index in [1.54, 1.807) is 24.3 Å². The Balaban J connectivity index is 2.29. The molecule has 0 fully saturated rings. The van der Waals surface area contributed by atoms with Crippen LogP contribution >= 0.6 is 0 Å². The van der Waals surface area contributed by atoms with E-state index >= 15 is 0 Å². The summed E-state index contributed by atoms with van der Waals surface area (Å²) in [5.74, 6) is -1.52. The van der Waals surface area contributed by atoms with Gasteiger partial charge in [0.15, 0.2) is 6.04 Å². The predicted octanol–water partition coefficient (Wildman–Crippen LogP) is 2.73. The number of aliphatic carboxylic acids is 1. The van der Waals surface area contributed by atoms with E-state index < -0.39 is 23.7 Å². The number of ether oxygens (including phenoxy) is 1. The zero-order chi connectivity index (χ0) is 17.0. The van der Waals surface area contributed by atoms with Crippen LogP contribution in [-0.2, 0) is 4.79 Å². The number of rotatable bonds is 5. The number of carboxylic acids is 1. The van der Waals surface area contributed by atoms with Gasteiger partial charge in [-0.15, -0.1) is 0 Å². The summed E-state index contributed by atoms with van der Waals surface area (Å²) in [5, 5.41) is 9.44. The molecule has 1 unspecified atom stereocenters. The maximum atomic E-state index is 13.0. The van der Waals surface area contributed by atoms with Crippen LogP contribution in [0.2, 0.25) is 0 Å². The highest BCUT2D eigenvalue weighted by atomic mass is 19.1. The highest BCUT2D eigenvalue weighted by Gasteiger charge is 2.29. The fourth-order valence-corrected chi connectivity index (χ4v) is 2.23. The molecule has 0 bridgehead atoms. The van der Waals surface area contributed by atoms with Crippen molar-refractivity contribution in [1.82, 2.24) is 4.90 Å². The Kier molecular flexibility index (Phi) is 4.95. The second kappa shape index (κ2) is 6.91. The van der Waals surface area contributed by atoms with E-state index in [0.29, 0.717) is 16.9 Å². The van der Waals surface area contributed by atoms with Gasteiger partial charge in [-0.1, -0.05) is 12.1 Å². The lowest BCUT2D eigenvalue weighted by molar-refractivity contribution is -0.142. The quantitative estimate of drug-likeness (QED) is 0.921. The number of nitrogens with zero attached hydrogens (tertiary/aromatic N) is 1. The Morgan fingerprint density at radius 3 is 2.13 bits per heavy atom. The molecule has 0 aromatic heterocycles. The predicted molar refractivity (Wildman–Crippen MR) is 81.9 cm³/mol. The highest BCUT2D eigenvalue weighted by molar-refractivity contribution is 5.96. The van der Waals surface area contributed by atoms with E-state index in [9.17, 15) is 19.1 Å². The average molecular weight is 317 g/mol. The first kappa shape index (κ1) is 16.5. The van der Waals surface area contributed by atoms with Crippen LogP contribution < -0.4 is 4.74 Å². The normalized spacial score (nSPS) is 11.6. The van der Waals surface area contributed by atoms with Gasteiger partial charge >= 0.3 is 5.97 Å². The third kappa shape index (κ3) is 3.66. The average Bonchev–Trinajstić information content (AvgIpc) is 2.56. The lowest BCUT2D eigenvalue weighted by Gasteiger charge is -2.25. The van der Waals surface area contributed by atoms with Crippen LogP contribution in [0.5, 0.6) is 5.75 Å². The van der Waals surface area contributed by atoms with Gasteiger partial charge in [-0.05, 0) is 42.0 Å². The van der Waals surface area contributed by atoms with Gasteiger partial charge in [0.1, 0.15) is 11.6 Å². The van der Waals surface area contributed by atoms with Crippen molar-refractivity contribution >= 4 is 11.9 Å². The molecule has 0 aliphatic heterocycles. The van der Waals surface area contributed by atoms with Gasteiger partial charge in [-0.2, -0.15) is 0 Å². The lowest BCUT2D eigenvalue weighted by Crippen LogP contribution is -2.35. The fourth-order valence-electron chi connectivity index (χ4n) is 2.23. The van der Waals surface area contributed by atoms with Gasteiger partial charge in [0.25, 0.3) is 5.91 Å². The Bertz CT molecular complexity index is 698.